The van der Waals surface area contributed by atoms with Gasteiger partial charge in [0.25, 0.3) is 0 Å². The number of nitrogens with two attached hydrogens (primary N) is 1. The summed E-state index contributed by atoms with van der Waals surface area (Å²) in [6, 6.07) is 18.0. The fraction of sp³-hybridized carbons (Fsp3) is 0.308. The van der Waals surface area contributed by atoms with Crippen LogP contribution in [0.25, 0.3) is 11.0 Å². The number of benzene rings is 2. The van der Waals surface area contributed by atoms with Gasteiger partial charge in [-0.3, -0.25) is 4.90 Å². The average molecular weight is 474 g/mol. The number of likely N-dealkylation sites (N-methyl/N-ethyl adjacent to an activating group) is 1. The number of methoxy groups -OCH3 is 1. The molecular weight excluding hydrogens is 442 g/mol. The highest BCUT2D eigenvalue weighted by molar-refractivity contribution is 5.82. The molecule has 1 saturated heterocycles. The van der Waals surface area contributed by atoms with E-state index in [9.17, 15) is 0 Å². The number of aromatic amines is 1. The molecule has 1 atom stereocenters. The van der Waals surface area contributed by atoms with Gasteiger partial charge in [-0.05, 0) is 48.9 Å². The maximum absolute atomic E-state index is 6.04. The summed E-state index contributed by atoms with van der Waals surface area (Å²) in [6.07, 6.45) is 2.97. The Morgan fingerprint density at radius 2 is 2.03 bits per heavy atom. The van der Waals surface area contributed by atoms with E-state index in [4.69, 9.17) is 15.2 Å². The standard InChI is InChI=1S/C26H31N7O2/c1-32(21-11-13-33(17-21)14-15-34-2)20-8-6-19(7-9-20)29-26-30-24-23(10-12-28-24)25(31-26)35-22-5-3-4-18(27)16-22/h3-10,12,16,21H,11,13-15,17,27H2,1-2H3,(H2,28,29,30,31)/t21-/m1/s1. The highest BCUT2D eigenvalue weighted by atomic mass is 16.5. The van der Waals surface area contributed by atoms with Crippen molar-refractivity contribution in [3.05, 3.63) is 60.8 Å². The number of hydrogen-bond donors (Lipinski definition) is 3. The van der Waals surface area contributed by atoms with Gasteiger partial charge < -0.3 is 30.4 Å². The van der Waals surface area contributed by atoms with Crippen LogP contribution in [-0.4, -0.2) is 66.3 Å². The van der Waals surface area contributed by atoms with Crippen molar-refractivity contribution < 1.29 is 9.47 Å². The summed E-state index contributed by atoms with van der Waals surface area (Å²) in [7, 11) is 3.92. The number of nitrogen functional groups attached to an aromatic ring is 1. The molecule has 35 heavy (non-hydrogen) atoms. The molecule has 0 spiro atoms. The van der Waals surface area contributed by atoms with Crippen LogP contribution < -0.4 is 20.7 Å². The molecule has 0 radical (unpaired) electrons. The monoisotopic (exact) mass is 473 g/mol. The van der Waals surface area contributed by atoms with Crippen molar-refractivity contribution in [2.24, 2.45) is 0 Å². The molecule has 1 aliphatic rings. The van der Waals surface area contributed by atoms with E-state index in [1.165, 1.54) is 5.69 Å². The molecule has 0 bridgehead atoms. The van der Waals surface area contributed by atoms with Gasteiger partial charge in [0.15, 0.2) is 0 Å². The van der Waals surface area contributed by atoms with E-state index in [0.717, 1.165) is 43.7 Å². The van der Waals surface area contributed by atoms with E-state index >= 15 is 0 Å². The van der Waals surface area contributed by atoms with Crippen LogP contribution in [0.3, 0.4) is 0 Å². The van der Waals surface area contributed by atoms with Crippen LogP contribution in [0.15, 0.2) is 60.8 Å². The quantitative estimate of drug-likeness (QED) is 0.310. The first-order valence-electron chi connectivity index (χ1n) is 11.8. The van der Waals surface area contributed by atoms with E-state index in [0.29, 0.717) is 35.0 Å². The minimum absolute atomic E-state index is 0.449. The Bertz CT molecular complexity index is 1270. The molecule has 0 aliphatic carbocycles. The van der Waals surface area contributed by atoms with Gasteiger partial charge in [-0.15, -0.1) is 0 Å². The minimum Gasteiger partial charge on any atom is -0.438 e. The van der Waals surface area contributed by atoms with E-state index in [1.807, 2.05) is 42.6 Å². The number of fused-ring (bicyclic) bond motifs is 1. The fourth-order valence-electron chi connectivity index (χ4n) is 4.41. The zero-order valence-electron chi connectivity index (χ0n) is 20.1. The van der Waals surface area contributed by atoms with Crippen molar-refractivity contribution in [1.82, 2.24) is 19.9 Å². The van der Waals surface area contributed by atoms with Gasteiger partial charge in [0.2, 0.25) is 11.8 Å². The number of nitrogens with one attached hydrogen (secondary N) is 2. The molecule has 4 N–H and O–H groups in total. The van der Waals surface area contributed by atoms with Crippen molar-refractivity contribution in [3.8, 4) is 11.6 Å². The SMILES string of the molecule is COCCN1CC[C@@H](N(C)c2ccc(Nc3nc(Oc4cccc(N)c4)c4cc[nH]c4n3)cc2)C1. The lowest BCUT2D eigenvalue weighted by Gasteiger charge is -2.27. The molecule has 9 heteroatoms. The second-order valence-electron chi connectivity index (χ2n) is 8.79. The average Bonchev–Trinajstić information content (AvgIpc) is 3.53. The van der Waals surface area contributed by atoms with Gasteiger partial charge in [0.05, 0.1) is 12.0 Å². The normalized spacial score (nSPS) is 16.0. The first-order chi connectivity index (χ1) is 17.1. The van der Waals surface area contributed by atoms with Crippen molar-refractivity contribution in [3.63, 3.8) is 0 Å². The van der Waals surface area contributed by atoms with E-state index in [2.05, 4.69) is 49.2 Å². The Hall–Kier alpha value is -3.82. The second-order valence-corrected chi connectivity index (χ2v) is 8.79. The number of aromatic nitrogens is 3. The van der Waals surface area contributed by atoms with Gasteiger partial charge in [0.1, 0.15) is 11.4 Å². The number of likely N-dealkylation sites (tertiary alicyclic amines) is 1. The summed E-state index contributed by atoms with van der Waals surface area (Å²) in [6.45, 7) is 3.92. The minimum atomic E-state index is 0.449. The van der Waals surface area contributed by atoms with Crippen molar-refractivity contribution >= 4 is 34.0 Å². The molecule has 3 heterocycles. The van der Waals surface area contributed by atoms with Gasteiger partial charge in [0, 0.05) is 69.2 Å². The lowest BCUT2D eigenvalue weighted by atomic mass is 10.2. The first-order valence-corrected chi connectivity index (χ1v) is 11.8. The largest absolute Gasteiger partial charge is 0.438 e. The van der Waals surface area contributed by atoms with Gasteiger partial charge in [-0.2, -0.15) is 9.97 Å². The fourth-order valence-corrected chi connectivity index (χ4v) is 4.41. The van der Waals surface area contributed by atoms with Crippen LogP contribution in [0.1, 0.15) is 6.42 Å². The molecule has 182 valence electrons. The van der Waals surface area contributed by atoms with Gasteiger partial charge >= 0.3 is 0 Å². The number of ether oxygens (including phenoxy) is 2. The summed E-state index contributed by atoms with van der Waals surface area (Å²) < 4.78 is 11.3. The van der Waals surface area contributed by atoms with E-state index < -0.39 is 0 Å². The molecule has 5 rings (SSSR count). The zero-order chi connectivity index (χ0) is 24.2. The lowest BCUT2D eigenvalue weighted by molar-refractivity contribution is 0.160. The number of hydrogen-bond acceptors (Lipinski definition) is 8. The lowest BCUT2D eigenvalue weighted by Crippen LogP contribution is -2.35. The van der Waals surface area contributed by atoms with Crippen LogP contribution in [0.4, 0.5) is 23.0 Å². The van der Waals surface area contributed by atoms with Crippen molar-refractivity contribution in [2.45, 2.75) is 12.5 Å². The summed E-state index contributed by atoms with van der Waals surface area (Å²) in [5.74, 6) is 1.53. The Morgan fingerprint density at radius 1 is 1.17 bits per heavy atom. The third-order valence-corrected chi connectivity index (χ3v) is 6.39. The molecule has 9 nitrogen and oxygen atoms in total. The molecule has 1 aliphatic heterocycles. The number of anilines is 4. The molecule has 2 aromatic heterocycles. The molecule has 2 aromatic carbocycles. The van der Waals surface area contributed by atoms with Gasteiger partial charge in [-0.25, -0.2) is 0 Å². The van der Waals surface area contributed by atoms with E-state index in [-0.39, 0.29) is 0 Å². The van der Waals surface area contributed by atoms with Crippen LogP contribution in [0.5, 0.6) is 11.6 Å². The maximum Gasteiger partial charge on any atom is 0.233 e. The number of H-pyrrole nitrogens is 1. The highest BCUT2D eigenvalue weighted by Crippen LogP contribution is 2.30. The summed E-state index contributed by atoms with van der Waals surface area (Å²) in [5, 5.41) is 4.10. The topological polar surface area (TPSA) is 105 Å². The van der Waals surface area contributed by atoms with Gasteiger partial charge in [-0.1, -0.05) is 6.07 Å². The Labute approximate surface area is 204 Å². The number of rotatable bonds is 9. The molecule has 0 amide bonds. The summed E-state index contributed by atoms with van der Waals surface area (Å²) in [4.78, 5) is 17.2. The number of nitrogens with zero attached hydrogens (tertiary/aromatic N) is 4. The zero-order valence-corrected chi connectivity index (χ0v) is 20.1. The van der Waals surface area contributed by atoms with Crippen molar-refractivity contribution in [1.29, 1.82) is 0 Å². The van der Waals surface area contributed by atoms with Crippen molar-refractivity contribution in [2.75, 3.05) is 56.3 Å². The third kappa shape index (κ3) is 5.31. The van der Waals surface area contributed by atoms with Crippen LogP contribution in [0, 0.1) is 0 Å². The Kier molecular flexibility index (Phi) is 6.69. The van der Waals surface area contributed by atoms with Crippen LogP contribution >= 0.6 is 0 Å². The molecule has 0 unspecified atom stereocenters. The Balaban J connectivity index is 1.29. The molecule has 0 saturated carbocycles. The summed E-state index contributed by atoms with van der Waals surface area (Å²) >= 11 is 0. The molecule has 4 aromatic rings. The van der Waals surface area contributed by atoms with Crippen LogP contribution in [-0.2, 0) is 4.74 Å². The second kappa shape index (κ2) is 10.2. The Morgan fingerprint density at radius 3 is 2.83 bits per heavy atom. The maximum atomic E-state index is 6.04. The predicted octanol–water partition coefficient (Wildman–Crippen LogP) is 4.23. The summed E-state index contributed by atoms with van der Waals surface area (Å²) in [5.41, 5.74) is 9.30. The smallest absolute Gasteiger partial charge is 0.233 e. The molecular formula is C26H31N7O2. The van der Waals surface area contributed by atoms with Crippen LogP contribution in [0.2, 0.25) is 0 Å². The third-order valence-electron chi connectivity index (χ3n) is 6.39. The molecule has 1 fully saturated rings. The first kappa shape index (κ1) is 22.9. The highest BCUT2D eigenvalue weighted by Gasteiger charge is 2.25. The van der Waals surface area contributed by atoms with E-state index in [1.54, 1.807) is 13.2 Å². The predicted molar refractivity (Wildman–Crippen MR) is 140 cm³/mol.